The standard InChI is InChI=1S/C12H17BrN2O2S/c1-14-7-10-4-5-11(13)12(6-10)18(16,17)15-8-9-2-3-9/h4-6,9,14-15H,2-3,7-8H2,1H3. The summed E-state index contributed by atoms with van der Waals surface area (Å²) in [5, 5.41) is 3.01. The Morgan fingerprint density at radius 3 is 2.72 bits per heavy atom. The highest BCUT2D eigenvalue weighted by Gasteiger charge is 2.25. The molecule has 0 spiro atoms. The van der Waals surface area contributed by atoms with Gasteiger partial charge in [0.2, 0.25) is 10.0 Å². The molecule has 0 aromatic heterocycles. The number of benzene rings is 1. The molecule has 6 heteroatoms. The zero-order valence-corrected chi connectivity index (χ0v) is 12.6. The molecule has 2 rings (SSSR count). The van der Waals surface area contributed by atoms with E-state index in [0.717, 1.165) is 18.4 Å². The van der Waals surface area contributed by atoms with E-state index in [1.807, 2.05) is 13.1 Å². The van der Waals surface area contributed by atoms with Gasteiger partial charge in [-0.3, -0.25) is 0 Å². The van der Waals surface area contributed by atoms with Gasteiger partial charge >= 0.3 is 0 Å². The molecular formula is C12H17BrN2O2S. The molecule has 4 nitrogen and oxygen atoms in total. The number of nitrogens with one attached hydrogen (secondary N) is 2. The van der Waals surface area contributed by atoms with E-state index >= 15 is 0 Å². The van der Waals surface area contributed by atoms with Gasteiger partial charge in [-0.25, -0.2) is 13.1 Å². The van der Waals surface area contributed by atoms with Gasteiger partial charge in [0.15, 0.2) is 0 Å². The number of hydrogen-bond donors (Lipinski definition) is 2. The van der Waals surface area contributed by atoms with Gasteiger partial charge in [0.05, 0.1) is 4.90 Å². The van der Waals surface area contributed by atoms with Crippen molar-refractivity contribution in [3.05, 3.63) is 28.2 Å². The summed E-state index contributed by atoms with van der Waals surface area (Å²) in [7, 11) is -1.58. The third-order valence-corrected chi connectivity index (χ3v) is 5.34. The van der Waals surface area contributed by atoms with Crippen LogP contribution in [0.4, 0.5) is 0 Å². The topological polar surface area (TPSA) is 58.2 Å². The van der Waals surface area contributed by atoms with Crippen molar-refractivity contribution in [1.82, 2.24) is 10.0 Å². The number of sulfonamides is 1. The van der Waals surface area contributed by atoms with E-state index in [0.29, 0.717) is 28.4 Å². The largest absolute Gasteiger partial charge is 0.316 e. The van der Waals surface area contributed by atoms with E-state index < -0.39 is 10.0 Å². The lowest BCUT2D eigenvalue weighted by molar-refractivity contribution is 0.576. The number of rotatable bonds is 6. The number of halogens is 1. The summed E-state index contributed by atoms with van der Waals surface area (Å²) in [5.74, 6) is 0.527. The van der Waals surface area contributed by atoms with Crippen molar-refractivity contribution < 1.29 is 8.42 Å². The van der Waals surface area contributed by atoms with Gasteiger partial charge in [0, 0.05) is 17.6 Å². The molecule has 0 unspecified atom stereocenters. The van der Waals surface area contributed by atoms with E-state index in [9.17, 15) is 8.42 Å². The molecule has 0 saturated heterocycles. The highest BCUT2D eigenvalue weighted by molar-refractivity contribution is 9.10. The Bertz CT molecular complexity index is 527. The second kappa shape index (κ2) is 5.69. The van der Waals surface area contributed by atoms with Crippen LogP contribution < -0.4 is 10.0 Å². The lowest BCUT2D eigenvalue weighted by atomic mass is 10.2. The van der Waals surface area contributed by atoms with Crippen molar-refractivity contribution in [3.63, 3.8) is 0 Å². The molecule has 0 amide bonds. The second-order valence-corrected chi connectivity index (χ2v) is 7.18. The molecule has 1 saturated carbocycles. The molecule has 100 valence electrons. The van der Waals surface area contributed by atoms with Crippen LogP contribution in [-0.4, -0.2) is 22.0 Å². The molecule has 0 aliphatic heterocycles. The average Bonchev–Trinajstić information content (AvgIpc) is 3.13. The lowest BCUT2D eigenvalue weighted by Gasteiger charge is -2.10. The summed E-state index contributed by atoms with van der Waals surface area (Å²) in [6, 6.07) is 5.38. The zero-order valence-electron chi connectivity index (χ0n) is 10.2. The fraction of sp³-hybridized carbons (Fsp3) is 0.500. The minimum absolute atomic E-state index is 0.316. The van der Waals surface area contributed by atoms with Crippen LogP contribution in [0, 0.1) is 5.92 Å². The first-order valence-electron chi connectivity index (χ1n) is 5.95. The first-order chi connectivity index (χ1) is 8.53. The molecule has 1 aliphatic rings. The van der Waals surface area contributed by atoms with Crippen molar-refractivity contribution in [2.24, 2.45) is 5.92 Å². The molecule has 1 aliphatic carbocycles. The Morgan fingerprint density at radius 2 is 2.11 bits per heavy atom. The first kappa shape index (κ1) is 14.0. The van der Waals surface area contributed by atoms with Crippen LogP contribution in [0.5, 0.6) is 0 Å². The molecule has 1 aromatic rings. The Kier molecular flexibility index (Phi) is 4.42. The highest BCUT2D eigenvalue weighted by Crippen LogP contribution is 2.29. The third kappa shape index (κ3) is 3.54. The van der Waals surface area contributed by atoms with Crippen molar-refractivity contribution in [3.8, 4) is 0 Å². The molecule has 0 atom stereocenters. The van der Waals surface area contributed by atoms with Gasteiger partial charge in [-0.1, -0.05) is 6.07 Å². The SMILES string of the molecule is CNCc1ccc(Br)c(S(=O)(=O)NCC2CC2)c1. The molecular weight excluding hydrogens is 316 g/mol. The predicted molar refractivity (Wildman–Crippen MR) is 74.8 cm³/mol. The Hall–Kier alpha value is -0.430. The van der Waals surface area contributed by atoms with Gasteiger partial charge in [0.25, 0.3) is 0 Å². The van der Waals surface area contributed by atoms with Crippen molar-refractivity contribution in [1.29, 1.82) is 0 Å². The first-order valence-corrected chi connectivity index (χ1v) is 8.23. The average molecular weight is 333 g/mol. The van der Waals surface area contributed by atoms with Crippen LogP contribution in [0.2, 0.25) is 0 Å². The summed E-state index contributed by atoms with van der Waals surface area (Å²) in [6.07, 6.45) is 2.26. The van der Waals surface area contributed by atoms with E-state index in [2.05, 4.69) is 26.0 Å². The molecule has 1 aromatic carbocycles. The van der Waals surface area contributed by atoms with Gasteiger partial charge in [0.1, 0.15) is 0 Å². The molecule has 2 N–H and O–H groups in total. The van der Waals surface area contributed by atoms with Gasteiger partial charge < -0.3 is 5.32 Å². The van der Waals surface area contributed by atoms with Gasteiger partial charge in [-0.15, -0.1) is 0 Å². The minimum atomic E-state index is -3.41. The summed E-state index contributed by atoms with van der Waals surface area (Å²) in [5.41, 5.74) is 0.951. The van der Waals surface area contributed by atoms with Crippen LogP contribution in [0.15, 0.2) is 27.6 Å². The number of hydrogen-bond acceptors (Lipinski definition) is 3. The Labute approximate surface area is 116 Å². The van der Waals surface area contributed by atoms with Crippen molar-refractivity contribution >= 4 is 26.0 Å². The summed E-state index contributed by atoms with van der Waals surface area (Å²) >= 11 is 3.30. The van der Waals surface area contributed by atoms with Crippen molar-refractivity contribution in [2.75, 3.05) is 13.6 Å². The predicted octanol–water partition coefficient (Wildman–Crippen LogP) is 1.86. The maximum absolute atomic E-state index is 12.2. The molecule has 0 radical (unpaired) electrons. The third-order valence-electron chi connectivity index (χ3n) is 2.92. The van der Waals surface area contributed by atoms with Gasteiger partial charge in [-0.05, 0) is 59.4 Å². The Morgan fingerprint density at radius 1 is 1.39 bits per heavy atom. The van der Waals surface area contributed by atoms with Crippen LogP contribution in [-0.2, 0) is 16.6 Å². The fourth-order valence-electron chi connectivity index (χ4n) is 1.70. The van der Waals surface area contributed by atoms with Crippen LogP contribution in [0.3, 0.4) is 0 Å². The van der Waals surface area contributed by atoms with E-state index in [1.54, 1.807) is 12.1 Å². The summed E-state index contributed by atoms with van der Waals surface area (Å²) < 4.78 is 27.6. The van der Waals surface area contributed by atoms with Crippen LogP contribution >= 0.6 is 15.9 Å². The molecule has 0 bridgehead atoms. The maximum Gasteiger partial charge on any atom is 0.241 e. The lowest BCUT2D eigenvalue weighted by Crippen LogP contribution is -2.26. The quantitative estimate of drug-likeness (QED) is 0.835. The van der Waals surface area contributed by atoms with E-state index in [-0.39, 0.29) is 0 Å². The monoisotopic (exact) mass is 332 g/mol. The van der Waals surface area contributed by atoms with Crippen LogP contribution in [0.1, 0.15) is 18.4 Å². The maximum atomic E-state index is 12.2. The highest BCUT2D eigenvalue weighted by atomic mass is 79.9. The van der Waals surface area contributed by atoms with Crippen molar-refractivity contribution in [2.45, 2.75) is 24.3 Å². The fourth-order valence-corrected chi connectivity index (χ4v) is 3.82. The summed E-state index contributed by atoms with van der Waals surface area (Å²) in [4.78, 5) is 0.316. The van der Waals surface area contributed by atoms with Crippen LogP contribution in [0.25, 0.3) is 0 Å². The zero-order chi connectivity index (χ0) is 13.2. The smallest absolute Gasteiger partial charge is 0.241 e. The molecule has 18 heavy (non-hydrogen) atoms. The van der Waals surface area contributed by atoms with Gasteiger partial charge in [-0.2, -0.15) is 0 Å². The minimum Gasteiger partial charge on any atom is -0.316 e. The second-order valence-electron chi connectivity index (χ2n) is 4.59. The van der Waals surface area contributed by atoms with E-state index in [1.165, 1.54) is 0 Å². The normalized spacial score (nSPS) is 15.9. The molecule has 0 heterocycles. The Balaban J connectivity index is 2.20. The van der Waals surface area contributed by atoms with E-state index in [4.69, 9.17) is 0 Å². The molecule has 1 fully saturated rings. The summed E-state index contributed by atoms with van der Waals surface area (Å²) in [6.45, 7) is 1.20.